The first-order valence-electron chi connectivity index (χ1n) is 5.47. The lowest BCUT2D eigenvalue weighted by Crippen LogP contribution is -2.23. The van der Waals surface area contributed by atoms with Crippen LogP contribution in [0.3, 0.4) is 0 Å². The molecule has 0 bridgehead atoms. The van der Waals surface area contributed by atoms with Crippen LogP contribution in [0.5, 0.6) is 0 Å². The van der Waals surface area contributed by atoms with E-state index in [-0.39, 0.29) is 18.2 Å². The number of methoxy groups -OCH3 is 1. The average Bonchev–Trinajstić information content (AvgIpc) is 2.37. The van der Waals surface area contributed by atoms with Gasteiger partial charge in [-0.15, -0.1) is 10.2 Å². The molecule has 0 radical (unpaired) electrons. The highest BCUT2D eigenvalue weighted by Crippen LogP contribution is 2.09. The maximum Gasteiger partial charge on any atom is 0.358 e. The van der Waals surface area contributed by atoms with E-state index in [2.05, 4.69) is 20.3 Å². The molecule has 0 aliphatic carbocycles. The molecule has 18 heavy (non-hydrogen) atoms. The summed E-state index contributed by atoms with van der Waals surface area (Å²) in [5.41, 5.74) is 0.106. The lowest BCUT2D eigenvalue weighted by Gasteiger charge is -2.14. The third-order valence-corrected chi connectivity index (χ3v) is 2.32. The molecular weight excluding hydrogens is 238 g/mol. The van der Waals surface area contributed by atoms with Crippen LogP contribution in [0, 0.1) is 0 Å². The fourth-order valence-electron chi connectivity index (χ4n) is 1.34. The molecular formula is C11H15N3O4. The number of aromatic nitrogens is 2. The number of carboxylic acid groups (broad SMARTS) is 1. The predicted octanol–water partition coefficient (Wildman–Crippen LogP) is 0.928. The number of rotatable bonds is 6. The number of nitrogens with zero attached hydrogens (tertiary/aromatic N) is 2. The normalized spacial score (nSPS) is 11.7. The molecule has 7 heteroatoms. The molecule has 1 atom stereocenters. The van der Waals surface area contributed by atoms with Gasteiger partial charge in [0.25, 0.3) is 0 Å². The molecule has 0 amide bonds. The maximum absolute atomic E-state index is 11.1. The molecule has 0 fully saturated rings. The minimum Gasteiger partial charge on any atom is -0.481 e. The molecule has 1 unspecified atom stereocenters. The molecule has 0 saturated carbocycles. The fraction of sp³-hybridized carbons (Fsp3) is 0.455. The van der Waals surface area contributed by atoms with Gasteiger partial charge >= 0.3 is 11.9 Å². The van der Waals surface area contributed by atoms with Crippen LogP contribution in [-0.4, -0.2) is 40.4 Å². The van der Waals surface area contributed by atoms with E-state index in [4.69, 9.17) is 5.11 Å². The van der Waals surface area contributed by atoms with Gasteiger partial charge in [0.1, 0.15) is 5.82 Å². The predicted molar refractivity (Wildman–Crippen MR) is 63.3 cm³/mol. The van der Waals surface area contributed by atoms with Crippen molar-refractivity contribution in [3.05, 3.63) is 17.8 Å². The molecule has 98 valence electrons. The maximum atomic E-state index is 11.1. The minimum atomic E-state index is -0.881. The van der Waals surface area contributed by atoms with Crippen LogP contribution >= 0.6 is 0 Å². The van der Waals surface area contributed by atoms with Crippen LogP contribution in [0.2, 0.25) is 0 Å². The van der Waals surface area contributed by atoms with E-state index in [0.29, 0.717) is 12.2 Å². The van der Waals surface area contributed by atoms with Gasteiger partial charge < -0.3 is 15.2 Å². The Labute approximate surface area is 104 Å². The lowest BCUT2D eigenvalue weighted by atomic mass is 10.1. The number of carbonyl (C=O) groups is 2. The van der Waals surface area contributed by atoms with Crippen LogP contribution in [0.4, 0.5) is 5.82 Å². The minimum absolute atomic E-state index is 0.00304. The second-order valence-electron chi connectivity index (χ2n) is 3.64. The summed E-state index contributed by atoms with van der Waals surface area (Å²) >= 11 is 0. The summed E-state index contributed by atoms with van der Waals surface area (Å²) in [5, 5.41) is 19.1. The number of hydrogen-bond donors (Lipinski definition) is 2. The Kier molecular flexibility index (Phi) is 5.04. The smallest absolute Gasteiger partial charge is 0.358 e. The molecule has 1 aromatic rings. The van der Waals surface area contributed by atoms with Gasteiger partial charge in [-0.25, -0.2) is 4.79 Å². The van der Waals surface area contributed by atoms with Crippen LogP contribution in [0.15, 0.2) is 12.1 Å². The van der Waals surface area contributed by atoms with Crippen LogP contribution in [0.1, 0.15) is 30.3 Å². The van der Waals surface area contributed by atoms with Gasteiger partial charge in [-0.2, -0.15) is 0 Å². The number of carboxylic acids is 1. The molecule has 2 N–H and O–H groups in total. The van der Waals surface area contributed by atoms with Crippen molar-refractivity contribution in [3.8, 4) is 0 Å². The summed E-state index contributed by atoms with van der Waals surface area (Å²) in [4.78, 5) is 21.7. The Morgan fingerprint density at radius 3 is 2.61 bits per heavy atom. The number of carbonyl (C=O) groups excluding carboxylic acids is 1. The number of aliphatic carboxylic acids is 1. The number of esters is 1. The van der Waals surface area contributed by atoms with Crippen LogP contribution < -0.4 is 5.32 Å². The Morgan fingerprint density at radius 2 is 2.17 bits per heavy atom. The van der Waals surface area contributed by atoms with Crippen molar-refractivity contribution in [3.63, 3.8) is 0 Å². The molecule has 1 aromatic heterocycles. The standard InChI is InChI=1S/C11H15N3O4/c1-3-7(6-10(15)16)12-9-5-4-8(13-14-9)11(17)18-2/h4-5,7H,3,6H2,1-2H3,(H,12,14)(H,15,16). The Balaban J connectivity index is 2.67. The van der Waals surface area contributed by atoms with E-state index in [0.717, 1.165) is 0 Å². The van der Waals surface area contributed by atoms with Gasteiger partial charge in [-0.3, -0.25) is 4.79 Å². The number of nitrogens with one attached hydrogen (secondary N) is 1. The number of ether oxygens (including phenoxy) is 1. The monoisotopic (exact) mass is 253 g/mol. The molecule has 0 spiro atoms. The molecule has 0 aliphatic heterocycles. The van der Waals surface area contributed by atoms with Gasteiger partial charge in [-0.05, 0) is 18.6 Å². The Morgan fingerprint density at radius 1 is 1.44 bits per heavy atom. The average molecular weight is 253 g/mol. The summed E-state index contributed by atoms with van der Waals surface area (Å²) in [7, 11) is 1.26. The van der Waals surface area contributed by atoms with E-state index in [1.807, 2.05) is 6.92 Å². The van der Waals surface area contributed by atoms with Crippen molar-refractivity contribution in [2.45, 2.75) is 25.8 Å². The molecule has 0 aliphatic rings. The third kappa shape index (κ3) is 4.00. The molecule has 1 heterocycles. The molecule has 1 rings (SSSR count). The topological polar surface area (TPSA) is 101 Å². The highest BCUT2D eigenvalue weighted by molar-refractivity contribution is 5.86. The van der Waals surface area contributed by atoms with E-state index in [1.165, 1.54) is 13.2 Å². The quantitative estimate of drug-likeness (QED) is 0.727. The zero-order valence-electron chi connectivity index (χ0n) is 10.2. The van der Waals surface area contributed by atoms with E-state index in [9.17, 15) is 9.59 Å². The summed E-state index contributed by atoms with van der Waals surface area (Å²) < 4.78 is 4.49. The lowest BCUT2D eigenvalue weighted by molar-refractivity contribution is -0.137. The van der Waals surface area contributed by atoms with E-state index >= 15 is 0 Å². The SMILES string of the molecule is CCC(CC(=O)O)Nc1ccc(C(=O)OC)nn1. The van der Waals surface area contributed by atoms with Crippen LogP contribution in [-0.2, 0) is 9.53 Å². The van der Waals surface area contributed by atoms with Gasteiger partial charge in [0.15, 0.2) is 5.69 Å². The van der Waals surface area contributed by atoms with Crippen molar-refractivity contribution in [2.24, 2.45) is 0 Å². The zero-order valence-corrected chi connectivity index (χ0v) is 10.2. The van der Waals surface area contributed by atoms with Crippen molar-refractivity contribution in [2.75, 3.05) is 12.4 Å². The third-order valence-electron chi connectivity index (χ3n) is 2.32. The van der Waals surface area contributed by atoms with E-state index in [1.54, 1.807) is 6.07 Å². The summed E-state index contributed by atoms with van der Waals surface area (Å²) in [6.45, 7) is 1.87. The first kappa shape index (κ1) is 13.9. The zero-order chi connectivity index (χ0) is 13.5. The van der Waals surface area contributed by atoms with E-state index < -0.39 is 11.9 Å². The first-order valence-corrected chi connectivity index (χ1v) is 5.47. The second-order valence-corrected chi connectivity index (χ2v) is 3.64. The Hall–Kier alpha value is -2.18. The summed E-state index contributed by atoms with van der Waals surface area (Å²) in [6, 6.07) is 2.80. The van der Waals surface area contributed by atoms with Gasteiger partial charge in [0.2, 0.25) is 0 Å². The van der Waals surface area contributed by atoms with Crippen molar-refractivity contribution in [1.29, 1.82) is 0 Å². The molecule has 0 saturated heterocycles. The Bertz CT molecular complexity index is 419. The second kappa shape index (κ2) is 6.53. The van der Waals surface area contributed by atoms with Gasteiger partial charge in [0.05, 0.1) is 13.5 Å². The van der Waals surface area contributed by atoms with Gasteiger partial charge in [0, 0.05) is 6.04 Å². The highest BCUT2D eigenvalue weighted by atomic mass is 16.5. The molecule has 0 aromatic carbocycles. The fourth-order valence-corrected chi connectivity index (χ4v) is 1.34. The van der Waals surface area contributed by atoms with Crippen molar-refractivity contribution < 1.29 is 19.4 Å². The highest BCUT2D eigenvalue weighted by Gasteiger charge is 2.12. The number of anilines is 1. The summed E-state index contributed by atoms with van der Waals surface area (Å²) in [6.07, 6.45) is 0.643. The van der Waals surface area contributed by atoms with Gasteiger partial charge in [-0.1, -0.05) is 6.92 Å². The first-order chi connectivity index (χ1) is 8.56. The van der Waals surface area contributed by atoms with Crippen LogP contribution in [0.25, 0.3) is 0 Å². The van der Waals surface area contributed by atoms with Crippen molar-refractivity contribution >= 4 is 17.8 Å². The molecule has 7 nitrogen and oxygen atoms in total. The summed E-state index contributed by atoms with van der Waals surface area (Å²) in [5.74, 6) is -1.02. The largest absolute Gasteiger partial charge is 0.481 e. The number of hydrogen-bond acceptors (Lipinski definition) is 6. The van der Waals surface area contributed by atoms with Crippen molar-refractivity contribution in [1.82, 2.24) is 10.2 Å².